The van der Waals surface area contributed by atoms with Crippen LogP contribution in [0.1, 0.15) is 36.2 Å². The fourth-order valence-electron chi connectivity index (χ4n) is 4.45. The summed E-state index contributed by atoms with van der Waals surface area (Å²) in [4.78, 5) is 27.5. The smallest absolute Gasteiger partial charge is 0.332 e. The fraction of sp³-hybridized carbons (Fsp3) is 0.571. The Morgan fingerprint density at radius 2 is 2.07 bits per heavy atom. The molecular weight excluding hydrogens is 356 g/mol. The van der Waals surface area contributed by atoms with Gasteiger partial charge in [-0.2, -0.15) is 5.10 Å². The van der Waals surface area contributed by atoms with E-state index in [0.717, 1.165) is 38.9 Å². The van der Waals surface area contributed by atoms with Gasteiger partial charge in [0.25, 0.3) is 0 Å². The lowest BCUT2D eigenvalue weighted by molar-refractivity contribution is -0.0859. The third-order valence-electron chi connectivity index (χ3n) is 6.18. The summed E-state index contributed by atoms with van der Waals surface area (Å²) < 4.78 is 9.15. The summed E-state index contributed by atoms with van der Waals surface area (Å²) in [5, 5.41) is 4.43. The van der Waals surface area contributed by atoms with E-state index >= 15 is 0 Å². The maximum Gasteiger partial charge on any atom is 0.332 e. The number of hydrogen-bond donors (Lipinski definition) is 0. The van der Waals surface area contributed by atoms with Crippen molar-refractivity contribution in [2.45, 2.75) is 58.0 Å². The van der Waals surface area contributed by atoms with Gasteiger partial charge in [0, 0.05) is 26.2 Å². The number of ether oxygens (including phenoxy) is 1. The van der Waals surface area contributed by atoms with E-state index < -0.39 is 16.7 Å². The quantitative estimate of drug-likeness (QED) is 0.746. The standard InChI is InChI=1S/C21H26N4O3/c1-15-3-2-4-17(9-15)10-23-8-7-21(13-23)14-24-18(12-28-21)22-25(11-16-5-6-16)20(27)19(24)26/h2-4,9,16H,5-8,10-14H2,1H3/t21-/m1/s1. The largest absolute Gasteiger partial charge is 0.364 e. The van der Waals surface area contributed by atoms with Gasteiger partial charge in [-0.1, -0.05) is 29.8 Å². The molecule has 1 saturated carbocycles. The van der Waals surface area contributed by atoms with Crippen LogP contribution >= 0.6 is 0 Å². The molecule has 1 aromatic heterocycles. The number of likely N-dealkylation sites (tertiary alicyclic amines) is 1. The Bertz CT molecular complexity index is 1020. The average Bonchev–Trinajstić information content (AvgIpc) is 3.41. The molecule has 2 aliphatic heterocycles. The van der Waals surface area contributed by atoms with Crippen molar-refractivity contribution in [2.75, 3.05) is 13.1 Å². The second-order valence-corrected chi connectivity index (χ2v) is 8.66. The van der Waals surface area contributed by atoms with E-state index in [1.165, 1.54) is 15.8 Å². The molecule has 3 aliphatic rings. The van der Waals surface area contributed by atoms with Gasteiger partial charge in [-0.15, -0.1) is 0 Å². The van der Waals surface area contributed by atoms with Crippen LogP contribution < -0.4 is 11.1 Å². The minimum absolute atomic E-state index is 0.290. The van der Waals surface area contributed by atoms with E-state index in [1.54, 1.807) is 4.57 Å². The molecule has 0 amide bonds. The molecule has 2 aromatic rings. The predicted octanol–water partition coefficient (Wildman–Crippen LogP) is 1.30. The molecule has 0 radical (unpaired) electrons. The lowest BCUT2D eigenvalue weighted by Gasteiger charge is -2.35. The molecule has 2 fully saturated rings. The maximum atomic E-state index is 12.7. The van der Waals surface area contributed by atoms with Crippen molar-refractivity contribution in [1.82, 2.24) is 19.2 Å². The number of aryl methyl sites for hydroxylation is 1. The van der Waals surface area contributed by atoms with Crippen LogP contribution in [0, 0.1) is 12.8 Å². The number of hydrogen-bond acceptors (Lipinski definition) is 5. The van der Waals surface area contributed by atoms with Gasteiger partial charge in [-0.25, -0.2) is 4.68 Å². The molecule has 7 heteroatoms. The molecule has 1 spiro atoms. The Morgan fingerprint density at radius 3 is 2.86 bits per heavy atom. The highest BCUT2D eigenvalue weighted by Crippen LogP contribution is 2.32. The second-order valence-electron chi connectivity index (χ2n) is 8.66. The number of aromatic nitrogens is 3. The van der Waals surface area contributed by atoms with Crippen LogP contribution in [0.4, 0.5) is 0 Å². The summed E-state index contributed by atoms with van der Waals surface area (Å²) >= 11 is 0. The van der Waals surface area contributed by atoms with Crippen LogP contribution in [-0.4, -0.2) is 37.9 Å². The molecule has 1 aromatic carbocycles. The van der Waals surface area contributed by atoms with E-state index in [1.807, 2.05) is 0 Å². The summed E-state index contributed by atoms with van der Waals surface area (Å²) in [5.74, 6) is 1.07. The highest BCUT2D eigenvalue weighted by atomic mass is 16.5. The summed E-state index contributed by atoms with van der Waals surface area (Å²) in [6.07, 6.45) is 3.09. The Kier molecular flexibility index (Phi) is 4.25. The molecule has 7 nitrogen and oxygen atoms in total. The van der Waals surface area contributed by atoms with Gasteiger partial charge in [0.05, 0.1) is 6.54 Å². The van der Waals surface area contributed by atoms with Crippen molar-refractivity contribution in [3.05, 3.63) is 61.9 Å². The molecule has 1 aliphatic carbocycles. The normalized spacial score (nSPS) is 24.6. The Morgan fingerprint density at radius 1 is 1.21 bits per heavy atom. The van der Waals surface area contributed by atoms with Crippen molar-refractivity contribution >= 4 is 0 Å². The highest BCUT2D eigenvalue weighted by molar-refractivity contribution is 5.22. The number of fused-ring (bicyclic) bond motifs is 1. The zero-order valence-electron chi connectivity index (χ0n) is 16.3. The van der Waals surface area contributed by atoms with Crippen molar-refractivity contribution in [3.63, 3.8) is 0 Å². The lowest BCUT2D eigenvalue weighted by atomic mass is 10.0. The van der Waals surface area contributed by atoms with E-state index in [9.17, 15) is 9.59 Å². The zero-order valence-corrected chi connectivity index (χ0v) is 16.3. The molecule has 1 saturated heterocycles. The monoisotopic (exact) mass is 382 g/mol. The molecule has 0 N–H and O–H groups in total. The first-order chi connectivity index (χ1) is 13.5. The molecule has 28 heavy (non-hydrogen) atoms. The minimum Gasteiger partial charge on any atom is -0.364 e. The molecule has 0 unspecified atom stereocenters. The third kappa shape index (κ3) is 3.33. The average molecular weight is 382 g/mol. The first kappa shape index (κ1) is 17.8. The first-order valence-electron chi connectivity index (χ1n) is 10.1. The summed E-state index contributed by atoms with van der Waals surface area (Å²) in [6, 6.07) is 8.54. The van der Waals surface area contributed by atoms with Gasteiger partial charge in [0.2, 0.25) is 0 Å². The van der Waals surface area contributed by atoms with E-state index in [-0.39, 0.29) is 0 Å². The molecular formula is C21H26N4O3. The zero-order chi connectivity index (χ0) is 19.3. The van der Waals surface area contributed by atoms with Crippen LogP contribution in [0.3, 0.4) is 0 Å². The van der Waals surface area contributed by atoms with E-state index in [0.29, 0.717) is 31.4 Å². The summed E-state index contributed by atoms with van der Waals surface area (Å²) in [7, 11) is 0. The van der Waals surface area contributed by atoms with Crippen LogP contribution in [0.5, 0.6) is 0 Å². The number of rotatable bonds is 4. The second kappa shape index (κ2) is 6.67. The van der Waals surface area contributed by atoms with E-state index in [2.05, 4.69) is 41.2 Å². The van der Waals surface area contributed by atoms with Crippen molar-refractivity contribution in [3.8, 4) is 0 Å². The van der Waals surface area contributed by atoms with Gasteiger partial charge in [0.1, 0.15) is 12.2 Å². The maximum absolute atomic E-state index is 12.7. The van der Waals surface area contributed by atoms with Gasteiger partial charge < -0.3 is 4.74 Å². The Balaban J connectivity index is 1.35. The van der Waals surface area contributed by atoms with Crippen molar-refractivity contribution < 1.29 is 4.74 Å². The molecule has 148 valence electrons. The van der Waals surface area contributed by atoms with Crippen molar-refractivity contribution in [2.24, 2.45) is 5.92 Å². The SMILES string of the molecule is Cc1cccc(CN2CC[C@@]3(C2)Cn2c(nn(CC4CC4)c(=O)c2=O)CO3)c1. The van der Waals surface area contributed by atoms with Crippen LogP contribution in [0.2, 0.25) is 0 Å². The van der Waals surface area contributed by atoms with Crippen LogP contribution in [-0.2, 0) is 31.0 Å². The summed E-state index contributed by atoms with van der Waals surface area (Å²) in [6.45, 7) is 5.91. The van der Waals surface area contributed by atoms with Gasteiger partial charge in [-0.3, -0.25) is 19.1 Å². The summed E-state index contributed by atoms with van der Waals surface area (Å²) in [5.41, 5.74) is 1.19. The molecule has 3 heterocycles. The van der Waals surface area contributed by atoms with Gasteiger partial charge in [-0.05, 0) is 37.7 Å². The molecule has 0 bridgehead atoms. The topological polar surface area (TPSA) is 69.4 Å². The molecule has 1 atom stereocenters. The highest BCUT2D eigenvalue weighted by Gasteiger charge is 2.43. The van der Waals surface area contributed by atoms with Crippen molar-refractivity contribution in [1.29, 1.82) is 0 Å². The molecule has 5 rings (SSSR count). The number of benzene rings is 1. The lowest BCUT2D eigenvalue weighted by Crippen LogP contribution is -2.53. The minimum atomic E-state index is -0.498. The van der Waals surface area contributed by atoms with Gasteiger partial charge in [0.15, 0.2) is 5.82 Å². The first-order valence-corrected chi connectivity index (χ1v) is 10.1. The predicted molar refractivity (Wildman–Crippen MR) is 104 cm³/mol. The Hall–Kier alpha value is -2.25. The Labute approximate surface area is 163 Å². The van der Waals surface area contributed by atoms with E-state index in [4.69, 9.17) is 4.74 Å². The number of nitrogens with zero attached hydrogens (tertiary/aromatic N) is 4. The third-order valence-corrected chi connectivity index (χ3v) is 6.18. The van der Waals surface area contributed by atoms with Crippen LogP contribution in [0.15, 0.2) is 33.9 Å². The van der Waals surface area contributed by atoms with Crippen LogP contribution in [0.25, 0.3) is 0 Å². The fourth-order valence-corrected chi connectivity index (χ4v) is 4.45. The van der Waals surface area contributed by atoms with Gasteiger partial charge >= 0.3 is 11.1 Å².